The number of aromatic amines is 1. The van der Waals surface area contributed by atoms with Gasteiger partial charge in [-0.3, -0.25) is 9.98 Å². The lowest BCUT2D eigenvalue weighted by Crippen LogP contribution is -1.98. The molecule has 0 fully saturated rings. The molecule has 0 saturated heterocycles. The van der Waals surface area contributed by atoms with Gasteiger partial charge in [-0.15, -0.1) is 0 Å². The highest BCUT2D eigenvalue weighted by molar-refractivity contribution is 6.03. The molecule has 0 aliphatic heterocycles. The molecule has 3 heteroatoms. The predicted molar refractivity (Wildman–Crippen MR) is 107 cm³/mol. The highest BCUT2D eigenvalue weighted by Crippen LogP contribution is 2.17. The Morgan fingerprint density at radius 3 is 1.32 bits per heavy atom. The topological polar surface area (TPSA) is 40.5 Å². The van der Waals surface area contributed by atoms with E-state index in [4.69, 9.17) is 0 Å². The Labute approximate surface area is 149 Å². The van der Waals surface area contributed by atoms with Crippen LogP contribution >= 0.6 is 0 Å². The first-order chi connectivity index (χ1) is 12.0. The third-order valence-corrected chi connectivity index (χ3v) is 4.13. The molecule has 0 aliphatic carbocycles. The van der Waals surface area contributed by atoms with Gasteiger partial charge in [0.15, 0.2) is 0 Å². The largest absolute Gasteiger partial charge is 0.353 e. The van der Waals surface area contributed by atoms with Crippen LogP contribution < -0.4 is 0 Å². The first-order valence-corrected chi connectivity index (χ1v) is 8.45. The molecule has 2 aromatic carbocycles. The molecule has 1 aromatic heterocycles. The van der Waals surface area contributed by atoms with Gasteiger partial charge in [0.1, 0.15) is 0 Å². The molecule has 1 heterocycles. The van der Waals surface area contributed by atoms with Crippen LogP contribution in [0, 0.1) is 13.8 Å². The summed E-state index contributed by atoms with van der Waals surface area (Å²) in [7, 11) is 0. The maximum absolute atomic E-state index is 4.68. The number of aryl methyl sites for hydroxylation is 2. The molecule has 0 saturated carbocycles. The van der Waals surface area contributed by atoms with Crippen molar-refractivity contribution in [2.45, 2.75) is 27.7 Å². The Morgan fingerprint density at radius 2 is 0.960 bits per heavy atom. The normalized spacial score (nSPS) is 12.5. The van der Waals surface area contributed by atoms with Crippen molar-refractivity contribution in [2.75, 3.05) is 0 Å². The fourth-order valence-electron chi connectivity index (χ4n) is 2.56. The zero-order chi connectivity index (χ0) is 17.8. The second kappa shape index (κ2) is 7.31. The van der Waals surface area contributed by atoms with Crippen LogP contribution in [-0.4, -0.2) is 16.4 Å². The minimum atomic E-state index is 0.957. The van der Waals surface area contributed by atoms with E-state index < -0.39 is 0 Å². The first kappa shape index (κ1) is 16.9. The number of hydrogen-bond donors (Lipinski definition) is 1. The fourth-order valence-corrected chi connectivity index (χ4v) is 2.56. The molecule has 0 bridgehead atoms. The smallest absolute Gasteiger partial charge is 0.0633 e. The summed E-state index contributed by atoms with van der Waals surface area (Å²) < 4.78 is 0. The van der Waals surface area contributed by atoms with E-state index in [1.807, 2.05) is 38.1 Å². The van der Waals surface area contributed by atoms with Crippen LogP contribution in [0.2, 0.25) is 0 Å². The lowest BCUT2D eigenvalue weighted by atomic mass is 10.2. The molecular weight excluding hydrogens is 306 g/mol. The van der Waals surface area contributed by atoms with Crippen LogP contribution in [0.4, 0.5) is 11.4 Å². The average molecular weight is 329 g/mol. The van der Waals surface area contributed by atoms with Crippen molar-refractivity contribution in [3.63, 3.8) is 0 Å². The molecule has 0 unspecified atom stereocenters. The third kappa shape index (κ3) is 4.32. The number of hydrogen-bond acceptors (Lipinski definition) is 2. The van der Waals surface area contributed by atoms with E-state index in [2.05, 4.69) is 65.2 Å². The highest BCUT2D eigenvalue weighted by atomic mass is 14.8. The second-order valence-electron chi connectivity index (χ2n) is 6.35. The Bertz CT molecular complexity index is 835. The van der Waals surface area contributed by atoms with Gasteiger partial charge in [-0.1, -0.05) is 35.4 Å². The van der Waals surface area contributed by atoms with Crippen LogP contribution in [0.1, 0.15) is 36.4 Å². The molecule has 1 N–H and O–H groups in total. The molecule has 0 spiro atoms. The molecule has 25 heavy (non-hydrogen) atoms. The Hall–Kier alpha value is -2.94. The Morgan fingerprint density at radius 1 is 0.600 bits per heavy atom. The summed E-state index contributed by atoms with van der Waals surface area (Å²) >= 11 is 0. The van der Waals surface area contributed by atoms with Gasteiger partial charge in [0.05, 0.1) is 34.2 Å². The van der Waals surface area contributed by atoms with Gasteiger partial charge in [-0.25, -0.2) is 0 Å². The number of rotatable bonds is 4. The van der Waals surface area contributed by atoms with Crippen LogP contribution in [0.15, 0.2) is 70.6 Å². The van der Waals surface area contributed by atoms with Gasteiger partial charge >= 0.3 is 0 Å². The zero-order valence-corrected chi connectivity index (χ0v) is 15.2. The quantitative estimate of drug-likeness (QED) is 0.578. The van der Waals surface area contributed by atoms with Crippen molar-refractivity contribution in [2.24, 2.45) is 9.98 Å². The minimum Gasteiger partial charge on any atom is -0.353 e. The van der Waals surface area contributed by atoms with Gasteiger partial charge in [0, 0.05) is 0 Å². The summed E-state index contributed by atoms with van der Waals surface area (Å²) in [5, 5.41) is 0. The summed E-state index contributed by atoms with van der Waals surface area (Å²) in [6.07, 6.45) is 0. The lowest BCUT2D eigenvalue weighted by Gasteiger charge is -2.01. The molecule has 0 atom stereocenters. The zero-order valence-electron chi connectivity index (χ0n) is 15.2. The number of benzene rings is 2. The lowest BCUT2D eigenvalue weighted by molar-refractivity contribution is 1.30. The van der Waals surface area contributed by atoms with Crippen LogP contribution in [0.3, 0.4) is 0 Å². The van der Waals surface area contributed by atoms with Gasteiger partial charge < -0.3 is 4.98 Å². The van der Waals surface area contributed by atoms with E-state index >= 15 is 0 Å². The molecule has 3 aromatic rings. The number of nitrogens with zero attached hydrogens (tertiary/aromatic N) is 2. The van der Waals surface area contributed by atoms with Gasteiger partial charge in [-0.2, -0.15) is 0 Å². The average Bonchev–Trinajstić information content (AvgIpc) is 3.09. The molecule has 126 valence electrons. The first-order valence-electron chi connectivity index (χ1n) is 8.45. The number of nitrogens with one attached hydrogen (secondary N) is 1. The van der Waals surface area contributed by atoms with E-state index in [-0.39, 0.29) is 0 Å². The summed E-state index contributed by atoms with van der Waals surface area (Å²) in [6, 6.07) is 20.5. The van der Waals surface area contributed by atoms with Crippen LogP contribution in [-0.2, 0) is 0 Å². The number of H-pyrrole nitrogens is 1. The summed E-state index contributed by atoms with van der Waals surface area (Å²) in [4.78, 5) is 12.8. The molecular formula is C22H23N3. The van der Waals surface area contributed by atoms with Gasteiger partial charge in [0.25, 0.3) is 0 Å². The third-order valence-electron chi connectivity index (χ3n) is 4.13. The molecule has 3 rings (SSSR count). The Kier molecular flexibility index (Phi) is 4.94. The van der Waals surface area contributed by atoms with E-state index in [9.17, 15) is 0 Å². The molecule has 0 radical (unpaired) electrons. The van der Waals surface area contributed by atoms with E-state index in [0.717, 1.165) is 34.2 Å². The standard InChI is InChI=1S/C22H23N3/c1-15-5-9-19(10-6-15)23-17(3)21-13-14-22(25-21)18(4)24-20-11-7-16(2)8-12-20/h5-14,25H,1-4H3. The minimum absolute atomic E-state index is 0.957. The van der Waals surface area contributed by atoms with E-state index in [0.29, 0.717) is 0 Å². The maximum Gasteiger partial charge on any atom is 0.0633 e. The van der Waals surface area contributed by atoms with Gasteiger partial charge in [0.2, 0.25) is 0 Å². The summed E-state index contributed by atoms with van der Waals surface area (Å²) in [5.74, 6) is 0. The van der Waals surface area contributed by atoms with Crippen molar-refractivity contribution in [1.82, 2.24) is 4.98 Å². The van der Waals surface area contributed by atoms with Gasteiger partial charge in [-0.05, 0) is 64.1 Å². The summed E-state index contributed by atoms with van der Waals surface area (Å²) in [5.41, 5.74) is 8.33. The van der Waals surface area contributed by atoms with Crippen molar-refractivity contribution in [1.29, 1.82) is 0 Å². The highest BCUT2D eigenvalue weighted by Gasteiger charge is 2.05. The number of aliphatic imine (C=N–C) groups is 2. The second-order valence-corrected chi connectivity index (χ2v) is 6.35. The molecule has 3 nitrogen and oxygen atoms in total. The van der Waals surface area contributed by atoms with Crippen molar-refractivity contribution < 1.29 is 0 Å². The predicted octanol–water partition coefficient (Wildman–Crippen LogP) is 5.91. The van der Waals surface area contributed by atoms with Crippen molar-refractivity contribution >= 4 is 22.8 Å². The van der Waals surface area contributed by atoms with Crippen molar-refractivity contribution in [3.8, 4) is 0 Å². The van der Waals surface area contributed by atoms with Crippen LogP contribution in [0.5, 0.6) is 0 Å². The summed E-state index contributed by atoms with van der Waals surface area (Å²) in [6.45, 7) is 8.19. The fraction of sp³-hybridized carbons (Fsp3) is 0.182. The van der Waals surface area contributed by atoms with Crippen molar-refractivity contribution in [3.05, 3.63) is 83.2 Å². The molecule has 0 amide bonds. The Balaban J connectivity index is 1.81. The van der Waals surface area contributed by atoms with E-state index in [1.54, 1.807) is 0 Å². The van der Waals surface area contributed by atoms with Crippen LogP contribution in [0.25, 0.3) is 0 Å². The SMILES string of the molecule is CC(=Nc1ccc(C)cc1)c1ccc(C(C)=Nc2ccc(C)cc2)[nH]1. The van der Waals surface area contributed by atoms with E-state index in [1.165, 1.54) is 11.1 Å². The molecule has 0 aliphatic rings. The number of aromatic nitrogens is 1. The maximum atomic E-state index is 4.68. The monoisotopic (exact) mass is 329 g/mol.